The summed E-state index contributed by atoms with van der Waals surface area (Å²) in [5.41, 5.74) is -0.783. The molecule has 0 bridgehead atoms. The molecule has 27 heavy (non-hydrogen) atoms. The predicted octanol–water partition coefficient (Wildman–Crippen LogP) is 1.22. The molecule has 8 nitrogen and oxygen atoms in total. The first-order valence-electron chi connectivity index (χ1n) is 9.05. The summed E-state index contributed by atoms with van der Waals surface area (Å²) in [4.78, 5) is 23.9. The van der Waals surface area contributed by atoms with Crippen molar-refractivity contribution < 1.29 is 27.9 Å². The summed E-state index contributed by atoms with van der Waals surface area (Å²) in [5.74, 6) is -1.53. The van der Waals surface area contributed by atoms with Gasteiger partial charge in [0, 0.05) is 25.3 Å². The van der Waals surface area contributed by atoms with Crippen LogP contribution < -0.4 is 5.32 Å². The van der Waals surface area contributed by atoms with Gasteiger partial charge in [-0.3, -0.25) is 9.59 Å². The lowest BCUT2D eigenvalue weighted by Gasteiger charge is -2.27. The number of carboxylic acids is 1. The van der Waals surface area contributed by atoms with Crippen LogP contribution in [0.2, 0.25) is 0 Å². The fourth-order valence-corrected chi connectivity index (χ4v) is 5.11. The third-order valence-electron chi connectivity index (χ3n) is 5.02. The summed E-state index contributed by atoms with van der Waals surface area (Å²) in [5, 5.41) is 11.9. The van der Waals surface area contributed by atoms with Gasteiger partial charge in [-0.1, -0.05) is 12.5 Å². The number of aliphatic carboxylic acids is 1. The maximum Gasteiger partial charge on any atom is 0.305 e. The largest absolute Gasteiger partial charge is 0.481 e. The Labute approximate surface area is 158 Å². The molecule has 1 unspecified atom stereocenters. The van der Waals surface area contributed by atoms with Gasteiger partial charge in [0.1, 0.15) is 0 Å². The molecule has 2 aliphatic heterocycles. The normalized spacial score (nSPS) is 23.9. The van der Waals surface area contributed by atoms with E-state index in [1.807, 2.05) is 0 Å². The minimum atomic E-state index is -3.65. The van der Waals surface area contributed by atoms with Crippen LogP contribution in [-0.2, 0) is 19.6 Å². The number of sulfonamides is 1. The minimum Gasteiger partial charge on any atom is -0.481 e. The lowest BCUT2D eigenvalue weighted by atomic mass is 9.94. The first kappa shape index (κ1) is 19.8. The van der Waals surface area contributed by atoms with Gasteiger partial charge < -0.3 is 15.2 Å². The average molecular weight is 396 g/mol. The highest BCUT2D eigenvalue weighted by Gasteiger charge is 2.39. The van der Waals surface area contributed by atoms with E-state index in [2.05, 4.69) is 5.32 Å². The lowest BCUT2D eigenvalue weighted by Crippen LogP contribution is -2.50. The van der Waals surface area contributed by atoms with E-state index in [4.69, 9.17) is 9.84 Å². The van der Waals surface area contributed by atoms with Gasteiger partial charge in [0.25, 0.3) is 5.91 Å². The van der Waals surface area contributed by atoms with Crippen molar-refractivity contribution in [3.63, 3.8) is 0 Å². The van der Waals surface area contributed by atoms with Gasteiger partial charge in [0.15, 0.2) is 0 Å². The van der Waals surface area contributed by atoms with Gasteiger partial charge in [-0.25, -0.2) is 8.42 Å². The Kier molecular flexibility index (Phi) is 5.83. The molecule has 2 fully saturated rings. The molecule has 1 amide bonds. The van der Waals surface area contributed by atoms with Gasteiger partial charge in [0.05, 0.1) is 23.5 Å². The monoisotopic (exact) mass is 396 g/mol. The number of nitrogens with zero attached hydrogens (tertiary/aromatic N) is 1. The molecule has 9 heteroatoms. The number of amides is 1. The first-order chi connectivity index (χ1) is 12.8. The van der Waals surface area contributed by atoms with Crippen LogP contribution in [0.25, 0.3) is 0 Å². The summed E-state index contributed by atoms with van der Waals surface area (Å²) >= 11 is 0. The Balaban J connectivity index is 1.80. The van der Waals surface area contributed by atoms with Crippen LogP contribution >= 0.6 is 0 Å². The number of piperidine rings is 1. The van der Waals surface area contributed by atoms with E-state index in [9.17, 15) is 18.0 Å². The zero-order valence-electron chi connectivity index (χ0n) is 15.0. The first-order valence-corrected chi connectivity index (χ1v) is 10.5. The summed E-state index contributed by atoms with van der Waals surface area (Å²) in [7, 11) is -3.65. The van der Waals surface area contributed by atoms with Crippen molar-refractivity contribution in [1.29, 1.82) is 0 Å². The molecule has 148 valence electrons. The number of carbonyl (C=O) groups excluding carboxylic acids is 1. The Bertz CT molecular complexity index is 811. The van der Waals surface area contributed by atoms with Crippen LogP contribution in [0.15, 0.2) is 29.2 Å². The Morgan fingerprint density at radius 1 is 1.22 bits per heavy atom. The molecule has 2 heterocycles. The van der Waals surface area contributed by atoms with Gasteiger partial charge in [-0.15, -0.1) is 0 Å². The number of hydrogen-bond acceptors (Lipinski definition) is 5. The van der Waals surface area contributed by atoms with Gasteiger partial charge in [0.2, 0.25) is 10.0 Å². The van der Waals surface area contributed by atoms with Crippen LogP contribution in [0.3, 0.4) is 0 Å². The minimum absolute atomic E-state index is 0.0759. The predicted molar refractivity (Wildman–Crippen MR) is 96.9 cm³/mol. The van der Waals surface area contributed by atoms with Gasteiger partial charge >= 0.3 is 5.97 Å². The SMILES string of the molecule is O=C(O)CC1(NC(=O)c2cccc(S(=O)(=O)N3CCCCC3)c2)CCOC1. The number of rotatable bonds is 6. The fraction of sp³-hybridized carbons (Fsp3) is 0.556. The van der Waals surface area contributed by atoms with Crippen molar-refractivity contribution in [1.82, 2.24) is 9.62 Å². The second-order valence-electron chi connectivity index (χ2n) is 7.10. The average Bonchev–Trinajstić information content (AvgIpc) is 3.09. The smallest absolute Gasteiger partial charge is 0.305 e. The molecular formula is C18H24N2O6S. The van der Waals surface area contributed by atoms with E-state index in [1.165, 1.54) is 28.6 Å². The molecular weight excluding hydrogens is 372 g/mol. The molecule has 2 saturated heterocycles. The number of benzene rings is 1. The van der Waals surface area contributed by atoms with Crippen molar-refractivity contribution in [2.45, 2.75) is 42.5 Å². The van der Waals surface area contributed by atoms with Crippen LogP contribution in [0, 0.1) is 0 Å². The molecule has 1 aromatic rings. The van der Waals surface area contributed by atoms with Crippen LogP contribution in [0.4, 0.5) is 0 Å². The zero-order chi connectivity index (χ0) is 19.5. The molecule has 0 saturated carbocycles. The highest BCUT2D eigenvalue weighted by molar-refractivity contribution is 7.89. The Morgan fingerprint density at radius 2 is 1.96 bits per heavy atom. The number of carbonyl (C=O) groups is 2. The number of carboxylic acid groups (broad SMARTS) is 1. The molecule has 2 N–H and O–H groups in total. The molecule has 0 aliphatic carbocycles. The van der Waals surface area contributed by atoms with E-state index in [-0.39, 0.29) is 23.5 Å². The number of ether oxygens (including phenoxy) is 1. The summed E-state index contributed by atoms with van der Waals surface area (Å²) < 4.78 is 32.3. The van der Waals surface area contributed by atoms with Crippen molar-refractivity contribution in [3.8, 4) is 0 Å². The second-order valence-corrected chi connectivity index (χ2v) is 9.04. The van der Waals surface area contributed by atoms with Gasteiger partial charge in [-0.05, 0) is 37.5 Å². The van der Waals surface area contributed by atoms with E-state index >= 15 is 0 Å². The summed E-state index contributed by atoms with van der Waals surface area (Å²) in [6, 6.07) is 5.88. The standard InChI is InChI=1S/C18H24N2O6S/c21-16(22)12-18(7-10-26-13-18)19-17(23)14-5-4-6-15(11-14)27(24,25)20-8-2-1-3-9-20/h4-6,11H,1-3,7-10,12-13H2,(H,19,23)(H,21,22). The molecule has 0 aromatic heterocycles. The van der Waals surface area contributed by atoms with E-state index < -0.39 is 27.4 Å². The molecule has 1 atom stereocenters. The van der Waals surface area contributed by atoms with E-state index in [0.717, 1.165) is 19.3 Å². The topological polar surface area (TPSA) is 113 Å². The third kappa shape index (κ3) is 4.48. The maximum atomic E-state index is 12.8. The highest BCUT2D eigenvalue weighted by atomic mass is 32.2. The molecule has 3 rings (SSSR count). The summed E-state index contributed by atoms with van der Waals surface area (Å²) in [6.45, 7) is 1.46. The lowest BCUT2D eigenvalue weighted by molar-refractivity contribution is -0.138. The van der Waals surface area contributed by atoms with E-state index in [1.54, 1.807) is 0 Å². The van der Waals surface area contributed by atoms with Crippen LogP contribution in [-0.4, -0.2) is 61.5 Å². The fourth-order valence-electron chi connectivity index (χ4n) is 3.54. The van der Waals surface area contributed by atoms with E-state index in [0.29, 0.717) is 26.1 Å². The molecule has 0 radical (unpaired) electrons. The molecule has 2 aliphatic rings. The quantitative estimate of drug-likeness (QED) is 0.748. The Morgan fingerprint density at radius 3 is 2.59 bits per heavy atom. The van der Waals surface area contributed by atoms with Crippen molar-refractivity contribution in [3.05, 3.63) is 29.8 Å². The Hall–Kier alpha value is -1.97. The number of hydrogen-bond donors (Lipinski definition) is 2. The highest BCUT2D eigenvalue weighted by Crippen LogP contribution is 2.25. The van der Waals surface area contributed by atoms with Crippen molar-refractivity contribution in [2.24, 2.45) is 0 Å². The van der Waals surface area contributed by atoms with Crippen molar-refractivity contribution >= 4 is 21.9 Å². The van der Waals surface area contributed by atoms with Crippen LogP contribution in [0.5, 0.6) is 0 Å². The molecule has 0 spiro atoms. The molecule has 1 aromatic carbocycles. The van der Waals surface area contributed by atoms with Crippen LogP contribution in [0.1, 0.15) is 42.5 Å². The van der Waals surface area contributed by atoms with Gasteiger partial charge in [-0.2, -0.15) is 4.31 Å². The second kappa shape index (κ2) is 7.95. The van der Waals surface area contributed by atoms with Crippen molar-refractivity contribution in [2.75, 3.05) is 26.3 Å². The number of nitrogens with one attached hydrogen (secondary N) is 1. The maximum absolute atomic E-state index is 12.8. The third-order valence-corrected chi connectivity index (χ3v) is 6.92. The zero-order valence-corrected chi connectivity index (χ0v) is 15.8. The summed E-state index contributed by atoms with van der Waals surface area (Å²) in [6.07, 6.45) is 2.83.